The van der Waals surface area contributed by atoms with Crippen LogP contribution in [-0.4, -0.2) is 19.1 Å². The molecule has 3 heteroatoms. The number of anilines is 1. The van der Waals surface area contributed by atoms with Crippen molar-refractivity contribution in [3.63, 3.8) is 0 Å². The average Bonchev–Trinajstić information content (AvgIpc) is 2.61. The molecule has 112 valence electrons. The van der Waals surface area contributed by atoms with Gasteiger partial charge in [-0.3, -0.25) is 0 Å². The van der Waals surface area contributed by atoms with Crippen molar-refractivity contribution in [2.45, 2.75) is 52.6 Å². The van der Waals surface area contributed by atoms with Gasteiger partial charge in [0.1, 0.15) is 0 Å². The van der Waals surface area contributed by atoms with Crippen LogP contribution in [-0.2, 0) is 6.54 Å². The summed E-state index contributed by atoms with van der Waals surface area (Å²) >= 11 is 6.50. The molecule has 2 rings (SSSR count). The molecule has 1 aliphatic heterocycles. The van der Waals surface area contributed by atoms with Crippen LogP contribution in [0.2, 0.25) is 5.02 Å². The molecule has 1 atom stereocenters. The third-order valence-electron chi connectivity index (χ3n) is 4.10. The molecule has 0 bridgehead atoms. The Hall–Kier alpha value is -0.730. The van der Waals surface area contributed by atoms with Gasteiger partial charge in [0.15, 0.2) is 0 Å². The molecular formula is C17H27ClN2. The second-order valence-electron chi connectivity index (χ2n) is 6.31. The lowest BCUT2D eigenvalue weighted by molar-refractivity contribution is 0.521. The summed E-state index contributed by atoms with van der Waals surface area (Å²) < 4.78 is 0. The maximum Gasteiger partial charge on any atom is 0.0642 e. The predicted molar refractivity (Wildman–Crippen MR) is 88.7 cm³/mol. The SMILES string of the molecule is CC1CCCN(c2c(Cl)cccc2CNC(C)C)CC1. The van der Waals surface area contributed by atoms with Gasteiger partial charge in [-0.1, -0.05) is 44.5 Å². The van der Waals surface area contributed by atoms with Crippen LogP contribution in [0.1, 0.15) is 45.6 Å². The van der Waals surface area contributed by atoms with E-state index in [0.717, 1.165) is 30.6 Å². The molecule has 1 heterocycles. The van der Waals surface area contributed by atoms with Crippen molar-refractivity contribution in [1.29, 1.82) is 0 Å². The number of para-hydroxylation sites is 1. The Labute approximate surface area is 128 Å². The van der Waals surface area contributed by atoms with E-state index in [-0.39, 0.29) is 0 Å². The lowest BCUT2D eigenvalue weighted by Crippen LogP contribution is -2.28. The lowest BCUT2D eigenvalue weighted by Gasteiger charge is -2.27. The molecule has 1 aromatic rings. The summed E-state index contributed by atoms with van der Waals surface area (Å²) in [5, 5.41) is 4.40. The minimum Gasteiger partial charge on any atom is -0.370 e. The van der Waals surface area contributed by atoms with Gasteiger partial charge in [-0.15, -0.1) is 0 Å². The molecule has 20 heavy (non-hydrogen) atoms. The zero-order valence-corrected chi connectivity index (χ0v) is 13.7. The van der Waals surface area contributed by atoms with E-state index in [1.165, 1.54) is 30.5 Å². The number of benzene rings is 1. The molecule has 1 N–H and O–H groups in total. The van der Waals surface area contributed by atoms with Gasteiger partial charge in [0.25, 0.3) is 0 Å². The van der Waals surface area contributed by atoms with E-state index < -0.39 is 0 Å². The van der Waals surface area contributed by atoms with Gasteiger partial charge < -0.3 is 10.2 Å². The van der Waals surface area contributed by atoms with Crippen molar-refractivity contribution >= 4 is 17.3 Å². The van der Waals surface area contributed by atoms with Crippen LogP contribution in [0.5, 0.6) is 0 Å². The van der Waals surface area contributed by atoms with E-state index in [9.17, 15) is 0 Å². The fourth-order valence-electron chi connectivity index (χ4n) is 2.86. The normalized spacial score (nSPS) is 20.2. The molecule has 1 saturated heterocycles. The first-order chi connectivity index (χ1) is 9.58. The van der Waals surface area contributed by atoms with Crippen molar-refractivity contribution in [2.24, 2.45) is 5.92 Å². The van der Waals surface area contributed by atoms with E-state index in [0.29, 0.717) is 6.04 Å². The Kier molecular flexibility index (Phi) is 5.74. The highest BCUT2D eigenvalue weighted by Gasteiger charge is 2.18. The molecule has 0 saturated carbocycles. The molecule has 1 aliphatic rings. The molecule has 0 amide bonds. The molecule has 2 nitrogen and oxygen atoms in total. The van der Waals surface area contributed by atoms with Crippen LogP contribution >= 0.6 is 11.6 Å². The largest absolute Gasteiger partial charge is 0.370 e. The van der Waals surface area contributed by atoms with E-state index in [4.69, 9.17) is 11.6 Å². The number of halogens is 1. The first-order valence-electron chi connectivity index (χ1n) is 7.83. The molecule has 0 aliphatic carbocycles. The zero-order valence-electron chi connectivity index (χ0n) is 13.0. The van der Waals surface area contributed by atoms with Crippen molar-refractivity contribution in [1.82, 2.24) is 5.32 Å². The fraction of sp³-hybridized carbons (Fsp3) is 0.647. The third kappa shape index (κ3) is 4.13. The summed E-state index contributed by atoms with van der Waals surface area (Å²) in [7, 11) is 0. The van der Waals surface area contributed by atoms with E-state index >= 15 is 0 Å². The van der Waals surface area contributed by atoms with Crippen LogP contribution in [0.3, 0.4) is 0 Å². The second kappa shape index (κ2) is 7.33. The van der Waals surface area contributed by atoms with Crippen LogP contribution < -0.4 is 10.2 Å². The molecular weight excluding hydrogens is 268 g/mol. The summed E-state index contributed by atoms with van der Waals surface area (Å²) in [6.07, 6.45) is 3.87. The van der Waals surface area contributed by atoms with Crippen molar-refractivity contribution < 1.29 is 0 Å². The molecule has 1 unspecified atom stereocenters. The fourth-order valence-corrected chi connectivity index (χ4v) is 3.17. The van der Waals surface area contributed by atoms with Crippen LogP contribution in [0, 0.1) is 5.92 Å². The highest BCUT2D eigenvalue weighted by atomic mass is 35.5. The Morgan fingerprint density at radius 3 is 2.85 bits per heavy atom. The van der Waals surface area contributed by atoms with Gasteiger partial charge >= 0.3 is 0 Å². The summed E-state index contributed by atoms with van der Waals surface area (Å²) in [5.41, 5.74) is 2.57. The summed E-state index contributed by atoms with van der Waals surface area (Å²) in [4.78, 5) is 2.49. The van der Waals surface area contributed by atoms with Crippen molar-refractivity contribution in [2.75, 3.05) is 18.0 Å². The Balaban J connectivity index is 2.19. The second-order valence-corrected chi connectivity index (χ2v) is 6.71. The molecule has 1 fully saturated rings. The minimum atomic E-state index is 0.492. The molecule has 0 spiro atoms. The smallest absolute Gasteiger partial charge is 0.0642 e. The van der Waals surface area contributed by atoms with Gasteiger partial charge in [-0.25, -0.2) is 0 Å². The monoisotopic (exact) mass is 294 g/mol. The topological polar surface area (TPSA) is 15.3 Å². The predicted octanol–water partition coefficient (Wildman–Crippen LogP) is 4.46. The van der Waals surface area contributed by atoms with Crippen molar-refractivity contribution in [3.8, 4) is 0 Å². The van der Waals surface area contributed by atoms with Crippen LogP contribution in [0.25, 0.3) is 0 Å². The summed E-state index contributed by atoms with van der Waals surface area (Å²) in [6.45, 7) is 9.86. The quantitative estimate of drug-likeness (QED) is 0.882. The van der Waals surface area contributed by atoms with Gasteiger partial charge in [0, 0.05) is 25.7 Å². The maximum atomic E-state index is 6.50. The zero-order chi connectivity index (χ0) is 14.5. The molecule has 0 radical (unpaired) electrons. The number of nitrogens with zero attached hydrogens (tertiary/aromatic N) is 1. The van der Waals surface area contributed by atoms with Crippen LogP contribution in [0.15, 0.2) is 18.2 Å². The number of hydrogen-bond donors (Lipinski definition) is 1. The Morgan fingerprint density at radius 2 is 2.10 bits per heavy atom. The van der Waals surface area contributed by atoms with Crippen molar-refractivity contribution in [3.05, 3.63) is 28.8 Å². The Morgan fingerprint density at radius 1 is 1.30 bits per heavy atom. The lowest BCUT2D eigenvalue weighted by atomic mass is 10.0. The number of rotatable bonds is 4. The van der Waals surface area contributed by atoms with E-state index in [1.54, 1.807) is 0 Å². The highest BCUT2D eigenvalue weighted by molar-refractivity contribution is 6.33. The van der Waals surface area contributed by atoms with Crippen LogP contribution in [0.4, 0.5) is 5.69 Å². The number of hydrogen-bond acceptors (Lipinski definition) is 2. The first kappa shape index (κ1) is 15.7. The van der Waals surface area contributed by atoms with Gasteiger partial charge in [-0.2, -0.15) is 0 Å². The highest BCUT2D eigenvalue weighted by Crippen LogP contribution is 2.32. The van der Waals surface area contributed by atoms with Gasteiger partial charge in [0.05, 0.1) is 10.7 Å². The van der Waals surface area contributed by atoms with E-state index in [2.05, 4.69) is 43.1 Å². The summed E-state index contributed by atoms with van der Waals surface area (Å²) in [6, 6.07) is 6.77. The minimum absolute atomic E-state index is 0.492. The number of nitrogens with one attached hydrogen (secondary N) is 1. The van der Waals surface area contributed by atoms with E-state index in [1.807, 2.05) is 6.07 Å². The van der Waals surface area contributed by atoms with Gasteiger partial charge in [0.2, 0.25) is 0 Å². The van der Waals surface area contributed by atoms with Gasteiger partial charge in [-0.05, 0) is 36.8 Å². The standard InChI is InChI=1S/C17H27ClN2/c1-13(2)19-12-15-7-4-8-16(18)17(15)20-10-5-6-14(3)9-11-20/h4,7-8,13-14,19H,5-6,9-12H2,1-3H3. The maximum absolute atomic E-state index is 6.50. The third-order valence-corrected chi connectivity index (χ3v) is 4.41. The first-order valence-corrected chi connectivity index (χ1v) is 8.21. The summed E-state index contributed by atoms with van der Waals surface area (Å²) in [5.74, 6) is 0.833. The Bertz CT molecular complexity index is 431. The molecule has 1 aromatic carbocycles. The average molecular weight is 295 g/mol. The molecule has 0 aromatic heterocycles.